The third-order valence-corrected chi connectivity index (χ3v) is 3.55. The highest BCUT2D eigenvalue weighted by Gasteiger charge is 2.25. The minimum atomic E-state index is -1.21. The van der Waals surface area contributed by atoms with Gasteiger partial charge in [-0.2, -0.15) is 0 Å². The summed E-state index contributed by atoms with van der Waals surface area (Å²) < 4.78 is 0. The summed E-state index contributed by atoms with van der Waals surface area (Å²) in [7, 11) is 0. The monoisotopic (exact) mass is 286 g/mol. The molecule has 20 heavy (non-hydrogen) atoms. The Bertz CT molecular complexity index is 372. The number of hydrogen-bond acceptors (Lipinski definition) is 3. The molecule has 7 nitrogen and oxygen atoms in total. The van der Waals surface area contributed by atoms with Crippen molar-refractivity contribution >= 4 is 18.0 Å². The van der Waals surface area contributed by atoms with Gasteiger partial charge in [-0.05, 0) is 31.6 Å². The summed E-state index contributed by atoms with van der Waals surface area (Å²) in [5, 5.41) is 20.0. The van der Waals surface area contributed by atoms with Crippen LogP contribution < -0.4 is 5.32 Å². The topological polar surface area (TPSA) is 107 Å². The van der Waals surface area contributed by atoms with Crippen molar-refractivity contribution in [2.24, 2.45) is 5.92 Å². The number of aliphatic carboxylic acids is 2. The van der Waals surface area contributed by atoms with Gasteiger partial charge in [0.25, 0.3) is 0 Å². The third kappa shape index (κ3) is 5.46. The highest BCUT2D eigenvalue weighted by atomic mass is 16.4. The lowest BCUT2D eigenvalue weighted by molar-refractivity contribution is -0.140. The molecule has 0 aromatic heterocycles. The molecule has 114 valence electrons. The molecule has 1 aliphatic rings. The highest BCUT2D eigenvalue weighted by Crippen LogP contribution is 2.16. The lowest BCUT2D eigenvalue weighted by atomic mass is 10.0. The van der Waals surface area contributed by atoms with E-state index < -0.39 is 24.0 Å². The lowest BCUT2D eigenvalue weighted by Crippen LogP contribution is -2.48. The van der Waals surface area contributed by atoms with Crippen molar-refractivity contribution in [3.63, 3.8) is 0 Å². The Hall–Kier alpha value is -1.79. The zero-order valence-electron chi connectivity index (χ0n) is 11.7. The van der Waals surface area contributed by atoms with Crippen LogP contribution in [0.4, 0.5) is 4.79 Å². The van der Waals surface area contributed by atoms with Crippen LogP contribution in [0, 0.1) is 5.92 Å². The summed E-state index contributed by atoms with van der Waals surface area (Å²) in [5.74, 6) is -1.72. The molecule has 7 heteroatoms. The van der Waals surface area contributed by atoms with Crippen LogP contribution in [0.2, 0.25) is 0 Å². The number of carbonyl (C=O) groups excluding carboxylic acids is 1. The molecule has 2 atom stereocenters. The molecule has 0 spiro atoms. The van der Waals surface area contributed by atoms with E-state index >= 15 is 0 Å². The number of hydrogen-bond donors (Lipinski definition) is 3. The molecule has 0 aromatic rings. The summed E-state index contributed by atoms with van der Waals surface area (Å²) >= 11 is 0. The molecular formula is C13H22N2O5. The summed E-state index contributed by atoms with van der Waals surface area (Å²) in [6.45, 7) is 3.36. The number of nitrogens with zero attached hydrogens (tertiary/aromatic N) is 1. The Balaban J connectivity index is 2.52. The molecule has 1 saturated heterocycles. The first kappa shape index (κ1) is 16.3. The summed E-state index contributed by atoms with van der Waals surface area (Å²) in [4.78, 5) is 35.1. The Morgan fingerprint density at radius 2 is 1.95 bits per heavy atom. The Kier molecular flexibility index (Phi) is 6.27. The van der Waals surface area contributed by atoms with Crippen LogP contribution >= 0.6 is 0 Å². The van der Waals surface area contributed by atoms with Crippen LogP contribution in [0.25, 0.3) is 0 Å². The highest BCUT2D eigenvalue weighted by molar-refractivity contribution is 5.83. The molecule has 0 bridgehead atoms. The molecule has 1 fully saturated rings. The summed E-state index contributed by atoms with van der Waals surface area (Å²) in [6, 6.07) is -1.57. The van der Waals surface area contributed by atoms with E-state index in [0.717, 1.165) is 19.3 Å². The van der Waals surface area contributed by atoms with Crippen molar-refractivity contribution in [2.45, 2.75) is 45.1 Å². The fourth-order valence-corrected chi connectivity index (χ4v) is 2.23. The predicted octanol–water partition coefficient (Wildman–Crippen LogP) is 1.14. The molecule has 1 aliphatic heterocycles. The normalized spacial score (nSPS) is 20.9. The average molecular weight is 286 g/mol. The van der Waals surface area contributed by atoms with Crippen molar-refractivity contribution in [1.82, 2.24) is 10.2 Å². The van der Waals surface area contributed by atoms with Crippen molar-refractivity contribution in [2.75, 3.05) is 13.1 Å². The van der Waals surface area contributed by atoms with E-state index in [2.05, 4.69) is 12.2 Å². The number of likely N-dealkylation sites (tertiary alicyclic amines) is 1. The number of amides is 2. The summed E-state index contributed by atoms with van der Waals surface area (Å²) in [6.07, 6.45) is 2.47. The van der Waals surface area contributed by atoms with E-state index in [1.54, 1.807) is 4.90 Å². The van der Waals surface area contributed by atoms with Gasteiger partial charge in [0.1, 0.15) is 6.04 Å². The fraction of sp³-hybridized carbons (Fsp3) is 0.769. The molecule has 2 amide bonds. The standard InChI is InChI=1S/C13H22N2O5/c1-9-3-2-7-15(8-6-9)13(20)14-10(12(18)19)4-5-11(16)17/h9-10H,2-8H2,1H3,(H,14,20)(H,16,17)(H,18,19)/t9?,10-/m0/s1. The molecule has 1 unspecified atom stereocenters. The van der Waals surface area contributed by atoms with E-state index in [1.807, 2.05) is 0 Å². The van der Waals surface area contributed by atoms with Gasteiger partial charge in [-0.3, -0.25) is 4.79 Å². The second-order valence-corrected chi connectivity index (χ2v) is 5.30. The molecule has 1 heterocycles. The zero-order chi connectivity index (χ0) is 15.1. The zero-order valence-corrected chi connectivity index (χ0v) is 11.7. The molecular weight excluding hydrogens is 264 g/mol. The minimum absolute atomic E-state index is 0.110. The number of carbonyl (C=O) groups is 3. The van der Waals surface area contributed by atoms with Gasteiger partial charge in [0.05, 0.1) is 0 Å². The molecule has 0 radical (unpaired) electrons. The van der Waals surface area contributed by atoms with Crippen molar-refractivity contribution in [1.29, 1.82) is 0 Å². The maximum atomic E-state index is 12.0. The van der Waals surface area contributed by atoms with Crippen LogP contribution in [0.5, 0.6) is 0 Å². The number of rotatable bonds is 5. The number of carboxylic acids is 2. The van der Waals surface area contributed by atoms with Crippen molar-refractivity contribution in [3.8, 4) is 0 Å². The van der Waals surface area contributed by atoms with Crippen molar-refractivity contribution < 1.29 is 24.6 Å². The third-order valence-electron chi connectivity index (χ3n) is 3.55. The van der Waals surface area contributed by atoms with Crippen LogP contribution in [0.15, 0.2) is 0 Å². The van der Waals surface area contributed by atoms with E-state index in [4.69, 9.17) is 10.2 Å². The first-order chi connectivity index (χ1) is 9.40. The van der Waals surface area contributed by atoms with Crippen molar-refractivity contribution in [3.05, 3.63) is 0 Å². The Morgan fingerprint density at radius 3 is 2.55 bits per heavy atom. The van der Waals surface area contributed by atoms with Crippen LogP contribution in [-0.2, 0) is 9.59 Å². The van der Waals surface area contributed by atoms with Gasteiger partial charge in [0, 0.05) is 19.5 Å². The predicted molar refractivity (Wildman–Crippen MR) is 71.4 cm³/mol. The largest absolute Gasteiger partial charge is 0.481 e. The fourth-order valence-electron chi connectivity index (χ4n) is 2.23. The van der Waals surface area contributed by atoms with Crippen LogP contribution in [0.3, 0.4) is 0 Å². The van der Waals surface area contributed by atoms with Gasteiger partial charge in [-0.1, -0.05) is 6.92 Å². The quantitative estimate of drug-likeness (QED) is 0.702. The smallest absolute Gasteiger partial charge is 0.326 e. The van der Waals surface area contributed by atoms with Gasteiger partial charge < -0.3 is 20.4 Å². The van der Waals surface area contributed by atoms with Gasteiger partial charge in [0.2, 0.25) is 0 Å². The second-order valence-electron chi connectivity index (χ2n) is 5.30. The molecule has 0 aromatic carbocycles. The lowest BCUT2D eigenvalue weighted by Gasteiger charge is -2.23. The van der Waals surface area contributed by atoms with E-state index in [1.165, 1.54) is 0 Å². The van der Waals surface area contributed by atoms with Crippen LogP contribution in [-0.4, -0.2) is 52.2 Å². The maximum absolute atomic E-state index is 12.0. The summed E-state index contributed by atoms with van der Waals surface area (Å²) in [5.41, 5.74) is 0. The minimum Gasteiger partial charge on any atom is -0.481 e. The van der Waals surface area contributed by atoms with Gasteiger partial charge >= 0.3 is 18.0 Å². The first-order valence-electron chi connectivity index (χ1n) is 6.90. The Labute approximate surface area is 117 Å². The number of nitrogens with one attached hydrogen (secondary N) is 1. The average Bonchev–Trinajstić information content (AvgIpc) is 2.58. The molecule has 0 saturated carbocycles. The van der Waals surface area contributed by atoms with Gasteiger partial charge in [-0.25, -0.2) is 9.59 Å². The molecule has 1 rings (SSSR count). The Morgan fingerprint density at radius 1 is 1.25 bits per heavy atom. The maximum Gasteiger partial charge on any atom is 0.326 e. The number of urea groups is 1. The molecule has 0 aliphatic carbocycles. The number of carboxylic acid groups (broad SMARTS) is 2. The first-order valence-corrected chi connectivity index (χ1v) is 6.90. The second kappa shape index (κ2) is 7.72. The van der Waals surface area contributed by atoms with Crippen LogP contribution in [0.1, 0.15) is 39.0 Å². The van der Waals surface area contributed by atoms with E-state index in [9.17, 15) is 14.4 Å². The molecule has 3 N–H and O–H groups in total. The van der Waals surface area contributed by atoms with Gasteiger partial charge in [0.15, 0.2) is 0 Å². The van der Waals surface area contributed by atoms with E-state index in [0.29, 0.717) is 19.0 Å². The van der Waals surface area contributed by atoms with E-state index in [-0.39, 0.29) is 12.8 Å². The SMILES string of the molecule is CC1CCCN(C(=O)N[C@@H](CCC(=O)O)C(=O)O)CC1. The van der Waals surface area contributed by atoms with Gasteiger partial charge in [-0.15, -0.1) is 0 Å².